The molecule has 2 aromatic rings. The van der Waals surface area contributed by atoms with Crippen LogP contribution in [0, 0.1) is 6.92 Å². The van der Waals surface area contributed by atoms with Gasteiger partial charge in [-0.2, -0.15) is 5.10 Å². The standard InChI is InChI=1S/C15H21N5O.HI/c1-11-8-13(20(2)19-11)9-17-15(16)18-14-7-5-4-6-12(14)10-21-3;/h4-8H,9-10H2,1-3H3,(H3,16,17,18);1H. The minimum atomic E-state index is 0. The van der Waals surface area contributed by atoms with E-state index in [9.17, 15) is 0 Å². The van der Waals surface area contributed by atoms with Gasteiger partial charge in [0.05, 0.1) is 24.5 Å². The van der Waals surface area contributed by atoms with Crippen molar-refractivity contribution in [1.29, 1.82) is 0 Å². The molecule has 1 aromatic carbocycles. The molecule has 0 aliphatic heterocycles. The molecule has 22 heavy (non-hydrogen) atoms. The Bertz CT molecular complexity index is 639. The Morgan fingerprint density at radius 2 is 2.14 bits per heavy atom. The molecule has 1 heterocycles. The summed E-state index contributed by atoms with van der Waals surface area (Å²) in [6.45, 7) is 2.97. The maximum absolute atomic E-state index is 5.94. The summed E-state index contributed by atoms with van der Waals surface area (Å²) in [5.41, 5.74) is 9.87. The lowest BCUT2D eigenvalue weighted by atomic mass is 10.2. The van der Waals surface area contributed by atoms with Crippen molar-refractivity contribution in [2.24, 2.45) is 17.8 Å². The zero-order chi connectivity index (χ0) is 15.2. The Morgan fingerprint density at radius 3 is 2.77 bits per heavy atom. The van der Waals surface area contributed by atoms with Gasteiger partial charge < -0.3 is 15.8 Å². The molecule has 0 radical (unpaired) electrons. The fraction of sp³-hybridized carbons (Fsp3) is 0.333. The number of methoxy groups -OCH3 is 1. The molecule has 0 aliphatic carbocycles. The number of nitrogens with two attached hydrogens (primary N) is 1. The summed E-state index contributed by atoms with van der Waals surface area (Å²) < 4.78 is 6.98. The third-order valence-corrected chi connectivity index (χ3v) is 3.09. The van der Waals surface area contributed by atoms with Gasteiger partial charge in [-0.15, -0.1) is 24.0 Å². The molecular formula is C15H22IN5O. The van der Waals surface area contributed by atoms with Crippen LogP contribution in [0.1, 0.15) is 17.0 Å². The quantitative estimate of drug-likeness (QED) is 0.447. The maximum Gasteiger partial charge on any atom is 0.193 e. The molecule has 0 fully saturated rings. The van der Waals surface area contributed by atoms with E-state index in [-0.39, 0.29) is 24.0 Å². The van der Waals surface area contributed by atoms with Crippen molar-refractivity contribution < 1.29 is 4.74 Å². The van der Waals surface area contributed by atoms with E-state index in [1.807, 2.05) is 49.0 Å². The molecule has 7 heteroatoms. The number of ether oxygens (including phenoxy) is 1. The molecule has 0 aliphatic rings. The summed E-state index contributed by atoms with van der Waals surface area (Å²) in [4.78, 5) is 4.35. The Morgan fingerprint density at radius 1 is 1.41 bits per heavy atom. The van der Waals surface area contributed by atoms with Crippen LogP contribution in [0.2, 0.25) is 0 Å². The van der Waals surface area contributed by atoms with Crippen molar-refractivity contribution in [2.45, 2.75) is 20.1 Å². The number of anilines is 1. The van der Waals surface area contributed by atoms with Crippen molar-refractivity contribution in [2.75, 3.05) is 12.4 Å². The van der Waals surface area contributed by atoms with E-state index in [4.69, 9.17) is 10.5 Å². The first-order chi connectivity index (χ1) is 10.1. The number of nitrogens with zero attached hydrogens (tertiary/aromatic N) is 3. The highest BCUT2D eigenvalue weighted by atomic mass is 127. The second-order valence-corrected chi connectivity index (χ2v) is 4.82. The fourth-order valence-electron chi connectivity index (χ4n) is 2.08. The molecule has 6 nitrogen and oxygen atoms in total. The number of halogens is 1. The van der Waals surface area contributed by atoms with Crippen molar-refractivity contribution >= 4 is 35.6 Å². The summed E-state index contributed by atoms with van der Waals surface area (Å²) in [6.07, 6.45) is 0. The number of benzene rings is 1. The Labute approximate surface area is 147 Å². The first-order valence-corrected chi connectivity index (χ1v) is 6.73. The lowest BCUT2D eigenvalue weighted by molar-refractivity contribution is 0.185. The maximum atomic E-state index is 5.94. The third kappa shape index (κ3) is 4.99. The molecule has 2 rings (SSSR count). The summed E-state index contributed by atoms with van der Waals surface area (Å²) in [6, 6.07) is 9.84. The molecule has 0 amide bonds. The number of aryl methyl sites for hydroxylation is 2. The lowest BCUT2D eigenvalue weighted by Gasteiger charge is -2.10. The van der Waals surface area contributed by atoms with E-state index in [1.165, 1.54) is 0 Å². The summed E-state index contributed by atoms with van der Waals surface area (Å²) in [5, 5.41) is 7.39. The van der Waals surface area contributed by atoms with Crippen LogP contribution in [-0.4, -0.2) is 22.8 Å². The lowest BCUT2D eigenvalue weighted by Crippen LogP contribution is -2.23. The zero-order valence-corrected chi connectivity index (χ0v) is 15.4. The van der Waals surface area contributed by atoms with Gasteiger partial charge in [0.2, 0.25) is 0 Å². The predicted octanol–water partition coefficient (Wildman–Crippen LogP) is 2.42. The number of hydrogen-bond acceptors (Lipinski definition) is 3. The van der Waals surface area contributed by atoms with Crippen LogP contribution in [-0.2, 0) is 24.9 Å². The van der Waals surface area contributed by atoms with Crippen molar-refractivity contribution in [3.63, 3.8) is 0 Å². The minimum absolute atomic E-state index is 0. The van der Waals surface area contributed by atoms with Crippen LogP contribution in [0.5, 0.6) is 0 Å². The molecule has 0 atom stereocenters. The number of rotatable bonds is 5. The van der Waals surface area contributed by atoms with Gasteiger partial charge in [-0.1, -0.05) is 18.2 Å². The molecule has 0 unspecified atom stereocenters. The number of para-hydroxylation sites is 1. The van der Waals surface area contributed by atoms with Crippen LogP contribution in [0.4, 0.5) is 5.69 Å². The van der Waals surface area contributed by atoms with E-state index in [1.54, 1.807) is 7.11 Å². The van der Waals surface area contributed by atoms with Gasteiger partial charge in [-0.3, -0.25) is 4.68 Å². The molecule has 0 saturated carbocycles. The van der Waals surface area contributed by atoms with Gasteiger partial charge in [0.25, 0.3) is 0 Å². The van der Waals surface area contributed by atoms with E-state index >= 15 is 0 Å². The second-order valence-electron chi connectivity index (χ2n) is 4.82. The van der Waals surface area contributed by atoms with Gasteiger partial charge in [0.15, 0.2) is 5.96 Å². The zero-order valence-electron chi connectivity index (χ0n) is 13.0. The van der Waals surface area contributed by atoms with Crippen LogP contribution < -0.4 is 11.1 Å². The number of hydrogen-bond donors (Lipinski definition) is 2. The van der Waals surface area contributed by atoms with Gasteiger partial charge in [-0.05, 0) is 19.1 Å². The van der Waals surface area contributed by atoms with Gasteiger partial charge in [0, 0.05) is 25.4 Å². The fourth-order valence-corrected chi connectivity index (χ4v) is 2.08. The molecule has 120 valence electrons. The third-order valence-electron chi connectivity index (χ3n) is 3.09. The predicted molar refractivity (Wildman–Crippen MR) is 99.5 cm³/mol. The molecule has 1 aromatic heterocycles. The average Bonchev–Trinajstić information content (AvgIpc) is 2.77. The van der Waals surface area contributed by atoms with Crippen molar-refractivity contribution in [1.82, 2.24) is 9.78 Å². The van der Waals surface area contributed by atoms with Gasteiger partial charge in [-0.25, -0.2) is 4.99 Å². The summed E-state index contributed by atoms with van der Waals surface area (Å²) >= 11 is 0. The Balaban J connectivity index is 0.00000242. The van der Waals surface area contributed by atoms with Gasteiger partial charge >= 0.3 is 0 Å². The monoisotopic (exact) mass is 415 g/mol. The minimum Gasteiger partial charge on any atom is -0.380 e. The topological polar surface area (TPSA) is 77.5 Å². The molecule has 0 spiro atoms. The number of guanidine groups is 1. The number of aliphatic imine (C=N–C) groups is 1. The van der Waals surface area contributed by atoms with E-state index in [0.717, 1.165) is 22.6 Å². The molecule has 0 saturated heterocycles. The Hall–Kier alpha value is -1.61. The normalized spacial score (nSPS) is 11.1. The van der Waals surface area contributed by atoms with Crippen LogP contribution in [0.3, 0.4) is 0 Å². The van der Waals surface area contributed by atoms with Crippen LogP contribution >= 0.6 is 24.0 Å². The smallest absolute Gasteiger partial charge is 0.193 e. The second kappa shape index (κ2) is 8.74. The first-order valence-electron chi connectivity index (χ1n) is 6.73. The highest BCUT2D eigenvalue weighted by Gasteiger charge is 2.04. The highest BCUT2D eigenvalue weighted by molar-refractivity contribution is 14.0. The van der Waals surface area contributed by atoms with Crippen molar-refractivity contribution in [3.05, 3.63) is 47.3 Å². The molecular weight excluding hydrogens is 393 g/mol. The van der Waals surface area contributed by atoms with Gasteiger partial charge in [0.1, 0.15) is 0 Å². The van der Waals surface area contributed by atoms with E-state index in [2.05, 4.69) is 15.4 Å². The largest absolute Gasteiger partial charge is 0.380 e. The Kier molecular flexibility index (Phi) is 7.33. The van der Waals surface area contributed by atoms with Crippen LogP contribution in [0.25, 0.3) is 0 Å². The molecule has 3 N–H and O–H groups in total. The average molecular weight is 415 g/mol. The molecule has 0 bridgehead atoms. The highest BCUT2D eigenvalue weighted by Crippen LogP contribution is 2.15. The first kappa shape index (κ1) is 18.4. The number of aromatic nitrogens is 2. The van der Waals surface area contributed by atoms with Crippen LogP contribution in [0.15, 0.2) is 35.3 Å². The number of nitrogens with one attached hydrogen (secondary N) is 1. The summed E-state index contributed by atoms with van der Waals surface area (Å²) in [5.74, 6) is 0.373. The van der Waals surface area contributed by atoms with E-state index in [0.29, 0.717) is 19.1 Å². The van der Waals surface area contributed by atoms with Crippen molar-refractivity contribution in [3.8, 4) is 0 Å². The van der Waals surface area contributed by atoms with E-state index < -0.39 is 0 Å². The summed E-state index contributed by atoms with van der Waals surface area (Å²) in [7, 11) is 3.56. The SMILES string of the molecule is COCc1ccccc1NC(N)=NCc1cc(C)nn1C.I.